The molecule has 1 aliphatic rings. The van der Waals surface area contributed by atoms with Crippen molar-refractivity contribution >= 4 is 5.91 Å². The van der Waals surface area contributed by atoms with E-state index in [1.54, 1.807) is 18.0 Å². The average molecular weight is 328 g/mol. The van der Waals surface area contributed by atoms with E-state index in [2.05, 4.69) is 29.2 Å². The lowest BCUT2D eigenvalue weighted by atomic mass is 10.0. The standard InChI is InChI=1S/C18H24N4O2/c1-13-16(11-21(3)19-13)18(23)22-10-9-20(2)17(12-22)14-5-7-15(24-4)8-6-14/h5-8,11,17H,9-10,12H2,1-4H3/t17-/m0/s1. The Morgan fingerprint density at radius 2 is 1.92 bits per heavy atom. The number of amides is 1. The van der Waals surface area contributed by atoms with Crippen molar-refractivity contribution in [1.82, 2.24) is 19.6 Å². The first kappa shape index (κ1) is 16.5. The number of rotatable bonds is 3. The van der Waals surface area contributed by atoms with Crippen LogP contribution >= 0.6 is 0 Å². The SMILES string of the molecule is COc1ccc([C@@H]2CN(C(=O)c3cn(C)nc3C)CCN2C)cc1. The number of carbonyl (C=O) groups is 1. The molecule has 3 rings (SSSR count). The molecule has 1 saturated heterocycles. The predicted octanol–water partition coefficient (Wildman–Crippen LogP) is 1.87. The Kier molecular flexibility index (Phi) is 4.57. The molecule has 0 spiro atoms. The smallest absolute Gasteiger partial charge is 0.257 e. The predicted molar refractivity (Wildman–Crippen MR) is 92.2 cm³/mol. The Hall–Kier alpha value is -2.34. The first-order valence-electron chi connectivity index (χ1n) is 8.13. The number of aryl methyl sites for hydroxylation is 2. The molecule has 24 heavy (non-hydrogen) atoms. The van der Waals surface area contributed by atoms with Crippen molar-refractivity contribution in [2.45, 2.75) is 13.0 Å². The van der Waals surface area contributed by atoms with Crippen LogP contribution in [0.25, 0.3) is 0 Å². The minimum atomic E-state index is 0.0622. The Balaban J connectivity index is 1.79. The van der Waals surface area contributed by atoms with E-state index in [9.17, 15) is 4.79 Å². The lowest BCUT2D eigenvalue weighted by Gasteiger charge is -2.39. The molecule has 0 N–H and O–H groups in total. The molecule has 1 atom stereocenters. The molecule has 1 aromatic heterocycles. The van der Waals surface area contributed by atoms with Gasteiger partial charge in [-0.3, -0.25) is 14.4 Å². The zero-order chi connectivity index (χ0) is 17.3. The second-order valence-electron chi connectivity index (χ2n) is 6.32. The van der Waals surface area contributed by atoms with Gasteiger partial charge in [0.15, 0.2) is 0 Å². The van der Waals surface area contributed by atoms with Crippen LogP contribution in [0.2, 0.25) is 0 Å². The molecule has 1 fully saturated rings. The summed E-state index contributed by atoms with van der Waals surface area (Å²) in [5.41, 5.74) is 2.66. The summed E-state index contributed by atoms with van der Waals surface area (Å²) in [6, 6.07) is 8.27. The first-order valence-corrected chi connectivity index (χ1v) is 8.13. The number of hydrogen-bond donors (Lipinski definition) is 0. The van der Waals surface area contributed by atoms with Gasteiger partial charge in [0.05, 0.1) is 24.4 Å². The summed E-state index contributed by atoms with van der Waals surface area (Å²) < 4.78 is 6.92. The second kappa shape index (κ2) is 6.65. The van der Waals surface area contributed by atoms with Gasteiger partial charge >= 0.3 is 0 Å². The van der Waals surface area contributed by atoms with Crippen molar-refractivity contribution in [3.05, 3.63) is 47.3 Å². The number of piperazine rings is 1. The highest BCUT2D eigenvalue weighted by Gasteiger charge is 2.30. The highest BCUT2D eigenvalue weighted by Crippen LogP contribution is 2.26. The molecule has 2 aromatic rings. The van der Waals surface area contributed by atoms with Gasteiger partial charge in [0.2, 0.25) is 0 Å². The van der Waals surface area contributed by atoms with Crippen LogP contribution in [0.1, 0.15) is 27.7 Å². The molecule has 6 heteroatoms. The summed E-state index contributed by atoms with van der Waals surface area (Å²) in [6.07, 6.45) is 1.80. The summed E-state index contributed by atoms with van der Waals surface area (Å²) in [5, 5.41) is 4.28. The van der Waals surface area contributed by atoms with Gasteiger partial charge in [-0.05, 0) is 31.7 Å². The lowest BCUT2D eigenvalue weighted by molar-refractivity contribution is 0.0545. The van der Waals surface area contributed by atoms with Crippen molar-refractivity contribution in [2.24, 2.45) is 7.05 Å². The summed E-state index contributed by atoms with van der Waals surface area (Å²) >= 11 is 0. The normalized spacial score (nSPS) is 18.7. The number of likely N-dealkylation sites (N-methyl/N-ethyl adjacent to an activating group) is 1. The maximum atomic E-state index is 12.9. The molecule has 1 aromatic carbocycles. The van der Waals surface area contributed by atoms with Gasteiger partial charge in [0, 0.05) is 32.9 Å². The van der Waals surface area contributed by atoms with E-state index >= 15 is 0 Å². The fourth-order valence-corrected chi connectivity index (χ4v) is 3.22. The lowest BCUT2D eigenvalue weighted by Crippen LogP contribution is -2.49. The van der Waals surface area contributed by atoms with Crippen LogP contribution in [0, 0.1) is 6.92 Å². The van der Waals surface area contributed by atoms with Crippen molar-refractivity contribution < 1.29 is 9.53 Å². The zero-order valence-electron chi connectivity index (χ0n) is 14.7. The average Bonchev–Trinajstić information content (AvgIpc) is 2.93. The quantitative estimate of drug-likeness (QED) is 0.863. The maximum Gasteiger partial charge on any atom is 0.257 e. The van der Waals surface area contributed by atoms with Crippen LogP contribution in [0.4, 0.5) is 0 Å². The molecule has 0 saturated carbocycles. The van der Waals surface area contributed by atoms with Crippen LogP contribution < -0.4 is 4.74 Å². The number of methoxy groups -OCH3 is 1. The summed E-state index contributed by atoms with van der Waals surface area (Å²) in [5.74, 6) is 0.906. The van der Waals surface area contributed by atoms with Gasteiger partial charge in [0.25, 0.3) is 5.91 Å². The van der Waals surface area contributed by atoms with Crippen LogP contribution in [0.15, 0.2) is 30.5 Å². The molecule has 1 amide bonds. The summed E-state index contributed by atoms with van der Waals surface area (Å²) in [4.78, 5) is 17.1. The van der Waals surface area contributed by atoms with E-state index in [0.29, 0.717) is 12.1 Å². The molecule has 0 radical (unpaired) electrons. The van der Waals surface area contributed by atoms with Crippen molar-refractivity contribution in [3.8, 4) is 5.75 Å². The van der Waals surface area contributed by atoms with Gasteiger partial charge < -0.3 is 9.64 Å². The van der Waals surface area contributed by atoms with Gasteiger partial charge in [-0.2, -0.15) is 5.10 Å². The molecule has 2 heterocycles. The third kappa shape index (κ3) is 3.14. The van der Waals surface area contributed by atoms with Crippen LogP contribution in [0.5, 0.6) is 5.75 Å². The van der Waals surface area contributed by atoms with E-state index in [0.717, 1.165) is 24.5 Å². The zero-order valence-corrected chi connectivity index (χ0v) is 14.7. The highest BCUT2D eigenvalue weighted by molar-refractivity contribution is 5.95. The molecular weight excluding hydrogens is 304 g/mol. The van der Waals surface area contributed by atoms with E-state index in [-0.39, 0.29) is 11.9 Å². The molecule has 6 nitrogen and oxygen atoms in total. The molecule has 1 aliphatic heterocycles. The molecule has 0 bridgehead atoms. The fourth-order valence-electron chi connectivity index (χ4n) is 3.22. The number of nitrogens with zero attached hydrogens (tertiary/aromatic N) is 4. The topological polar surface area (TPSA) is 50.6 Å². The minimum Gasteiger partial charge on any atom is -0.497 e. The molecule has 128 valence electrons. The second-order valence-corrected chi connectivity index (χ2v) is 6.32. The summed E-state index contributed by atoms with van der Waals surface area (Å²) in [6.45, 7) is 4.14. The monoisotopic (exact) mass is 328 g/mol. The number of benzene rings is 1. The number of carbonyl (C=O) groups excluding carboxylic acids is 1. The van der Waals surface area contributed by atoms with Crippen molar-refractivity contribution in [2.75, 3.05) is 33.8 Å². The third-order valence-electron chi connectivity index (χ3n) is 4.68. The van der Waals surface area contributed by atoms with Crippen molar-refractivity contribution in [3.63, 3.8) is 0 Å². The Bertz CT molecular complexity index is 723. The van der Waals surface area contributed by atoms with Gasteiger partial charge in [-0.15, -0.1) is 0 Å². The first-order chi connectivity index (χ1) is 11.5. The molecule has 0 aliphatic carbocycles. The number of aromatic nitrogens is 2. The van der Waals surface area contributed by atoms with Crippen LogP contribution in [0.3, 0.4) is 0 Å². The van der Waals surface area contributed by atoms with E-state index < -0.39 is 0 Å². The third-order valence-corrected chi connectivity index (χ3v) is 4.68. The van der Waals surface area contributed by atoms with E-state index in [4.69, 9.17) is 4.74 Å². The Morgan fingerprint density at radius 1 is 1.21 bits per heavy atom. The largest absolute Gasteiger partial charge is 0.497 e. The van der Waals surface area contributed by atoms with Crippen LogP contribution in [-0.2, 0) is 7.05 Å². The van der Waals surface area contributed by atoms with E-state index in [1.807, 2.05) is 31.0 Å². The highest BCUT2D eigenvalue weighted by atomic mass is 16.5. The minimum absolute atomic E-state index is 0.0622. The van der Waals surface area contributed by atoms with Crippen LogP contribution in [-0.4, -0.2) is 59.3 Å². The molecular formula is C18H24N4O2. The van der Waals surface area contributed by atoms with Crippen molar-refractivity contribution in [1.29, 1.82) is 0 Å². The fraction of sp³-hybridized carbons (Fsp3) is 0.444. The van der Waals surface area contributed by atoms with Gasteiger partial charge in [0.1, 0.15) is 5.75 Å². The number of ether oxygens (including phenoxy) is 1. The Morgan fingerprint density at radius 3 is 2.50 bits per heavy atom. The van der Waals surface area contributed by atoms with Gasteiger partial charge in [-0.25, -0.2) is 0 Å². The summed E-state index contributed by atoms with van der Waals surface area (Å²) in [7, 11) is 5.61. The number of hydrogen-bond acceptors (Lipinski definition) is 4. The van der Waals surface area contributed by atoms with Gasteiger partial charge in [-0.1, -0.05) is 12.1 Å². The van der Waals surface area contributed by atoms with E-state index in [1.165, 1.54) is 5.56 Å². The molecule has 0 unspecified atom stereocenters. The maximum absolute atomic E-state index is 12.9. The Labute approximate surface area is 142 Å².